The summed E-state index contributed by atoms with van der Waals surface area (Å²) in [6, 6.07) is 3.78. The Balaban J connectivity index is 2.21. The minimum absolute atomic E-state index is 0.182. The van der Waals surface area contributed by atoms with Crippen LogP contribution in [-0.4, -0.2) is 17.9 Å². The van der Waals surface area contributed by atoms with Gasteiger partial charge >= 0.3 is 5.97 Å². The van der Waals surface area contributed by atoms with Gasteiger partial charge in [0.05, 0.1) is 5.41 Å². The first-order valence-electron chi connectivity index (χ1n) is 6.28. The van der Waals surface area contributed by atoms with Crippen LogP contribution in [0.3, 0.4) is 0 Å². The summed E-state index contributed by atoms with van der Waals surface area (Å²) in [5.41, 5.74) is 1.01. The first-order chi connectivity index (χ1) is 8.65. The van der Waals surface area contributed by atoms with Crippen LogP contribution >= 0.6 is 0 Å². The van der Waals surface area contributed by atoms with Crippen molar-refractivity contribution in [2.75, 3.05) is 6.79 Å². The quantitative estimate of drug-likeness (QED) is 0.874. The number of ether oxygens (including phenoxy) is 2. The van der Waals surface area contributed by atoms with Gasteiger partial charge in [0.25, 0.3) is 0 Å². The van der Waals surface area contributed by atoms with Gasteiger partial charge in [-0.25, -0.2) is 0 Å². The molecule has 0 spiro atoms. The van der Waals surface area contributed by atoms with E-state index in [1.165, 1.54) is 0 Å². The number of rotatable bonds is 2. The lowest BCUT2D eigenvalue weighted by Crippen LogP contribution is -2.33. The second-order valence-electron chi connectivity index (χ2n) is 5.09. The summed E-state index contributed by atoms with van der Waals surface area (Å²) in [7, 11) is 0. The van der Waals surface area contributed by atoms with Crippen LogP contribution in [0.5, 0.6) is 11.5 Å². The van der Waals surface area contributed by atoms with Crippen LogP contribution < -0.4 is 9.47 Å². The van der Waals surface area contributed by atoms with Crippen LogP contribution in [0.1, 0.15) is 36.8 Å². The van der Waals surface area contributed by atoms with Crippen molar-refractivity contribution in [3.05, 3.63) is 23.3 Å². The molecule has 0 aromatic heterocycles. The minimum atomic E-state index is -0.789. The van der Waals surface area contributed by atoms with Crippen molar-refractivity contribution in [2.45, 2.75) is 38.0 Å². The van der Waals surface area contributed by atoms with E-state index in [0.717, 1.165) is 24.0 Å². The molecule has 1 aromatic carbocycles. The van der Waals surface area contributed by atoms with E-state index in [2.05, 4.69) is 0 Å². The number of benzene rings is 1. The second kappa shape index (κ2) is 3.90. The fourth-order valence-electron chi connectivity index (χ4n) is 3.21. The maximum Gasteiger partial charge on any atom is 0.314 e. The predicted octanol–water partition coefficient (Wildman–Crippen LogP) is 2.62. The zero-order chi connectivity index (χ0) is 12.8. The van der Waals surface area contributed by atoms with E-state index in [4.69, 9.17) is 9.47 Å². The largest absolute Gasteiger partial charge is 0.481 e. The number of aryl methyl sites for hydroxylation is 1. The lowest BCUT2D eigenvalue weighted by atomic mass is 9.76. The highest BCUT2D eigenvalue weighted by Crippen LogP contribution is 2.50. The maximum absolute atomic E-state index is 11.8. The summed E-state index contributed by atoms with van der Waals surface area (Å²) in [6.45, 7) is 2.13. The average molecular weight is 248 g/mol. The highest BCUT2D eigenvalue weighted by atomic mass is 16.7. The van der Waals surface area contributed by atoms with E-state index >= 15 is 0 Å². The number of carboxylic acid groups (broad SMARTS) is 1. The van der Waals surface area contributed by atoms with Gasteiger partial charge in [-0.3, -0.25) is 4.79 Å². The van der Waals surface area contributed by atoms with Crippen molar-refractivity contribution in [1.82, 2.24) is 0 Å². The third-order valence-corrected chi connectivity index (χ3v) is 4.09. The molecule has 1 aromatic rings. The molecule has 4 heteroatoms. The normalized spacial score (nSPS) is 20.1. The molecule has 1 aliphatic carbocycles. The Bertz CT molecular complexity index is 501. The Labute approximate surface area is 106 Å². The molecule has 0 saturated heterocycles. The Morgan fingerprint density at radius 1 is 1.28 bits per heavy atom. The molecule has 0 radical (unpaired) electrons. The van der Waals surface area contributed by atoms with E-state index < -0.39 is 11.4 Å². The van der Waals surface area contributed by atoms with Crippen LogP contribution in [0.15, 0.2) is 12.1 Å². The molecule has 96 valence electrons. The molecule has 3 rings (SSSR count). The van der Waals surface area contributed by atoms with E-state index in [1.807, 2.05) is 19.1 Å². The highest BCUT2D eigenvalue weighted by molar-refractivity contribution is 5.84. The number of aliphatic carboxylic acids is 1. The van der Waals surface area contributed by atoms with Gasteiger partial charge in [-0.05, 0) is 31.4 Å². The summed E-state index contributed by atoms with van der Waals surface area (Å²) in [6.07, 6.45) is 3.28. The summed E-state index contributed by atoms with van der Waals surface area (Å²) in [5, 5.41) is 9.68. The molecule has 0 atom stereocenters. The average Bonchev–Trinajstić information content (AvgIpc) is 2.96. The fraction of sp³-hybridized carbons (Fsp3) is 0.500. The molecular weight excluding hydrogens is 232 g/mol. The third-order valence-electron chi connectivity index (χ3n) is 4.09. The number of hydrogen-bond donors (Lipinski definition) is 1. The molecule has 1 saturated carbocycles. The topological polar surface area (TPSA) is 55.8 Å². The van der Waals surface area contributed by atoms with E-state index in [9.17, 15) is 9.90 Å². The first kappa shape index (κ1) is 11.4. The molecular formula is C14H16O4. The van der Waals surface area contributed by atoms with Crippen LogP contribution in [0.4, 0.5) is 0 Å². The lowest BCUT2D eigenvalue weighted by molar-refractivity contribution is -0.143. The van der Waals surface area contributed by atoms with Crippen molar-refractivity contribution in [1.29, 1.82) is 0 Å². The molecule has 0 unspecified atom stereocenters. The van der Waals surface area contributed by atoms with Gasteiger partial charge in [0.15, 0.2) is 11.5 Å². The van der Waals surface area contributed by atoms with Gasteiger partial charge in [-0.2, -0.15) is 0 Å². The zero-order valence-electron chi connectivity index (χ0n) is 10.4. The third kappa shape index (κ3) is 1.41. The summed E-state index contributed by atoms with van der Waals surface area (Å²) >= 11 is 0. The summed E-state index contributed by atoms with van der Waals surface area (Å²) in [4.78, 5) is 11.8. The van der Waals surface area contributed by atoms with Gasteiger partial charge in [0.1, 0.15) is 0 Å². The predicted molar refractivity (Wildman–Crippen MR) is 65.1 cm³/mol. The monoisotopic (exact) mass is 248 g/mol. The van der Waals surface area contributed by atoms with Gasteiger partial charge in [-0.1, -0.05) is 18.9 Å². The van der Waals surface area contributed by atoms with E-state index in [-0.39, 0.29) is 6.79 Å². The van der Waals surface area contributed by atoms with E-state index in [0.29, 0.717) is 24.3 Å². The summed E-state index contributed by atoms with van der Waals surface area (Å²) in [5.74, 6) is 0.564. The Morgan fingerprint density at radius 3 is 2.67 bits per heavy atom. The number of carbonyl (C=O) groups is 1. The highest BCUT2D eigenvalue weighted by Gasteiger charge is 2.47. The smallest absolute Gasteiger partial charge is 0.314 e. The minimum Gasteiger partial charge on any atom is -0.481 e. The van der Waals surface area contributed by atoms with Gasteiger partial charge in [0, 0.05) is 5.56 Å². The van der Waals surface area contributed by atoms with Crippen molar-refractivity contribution in [3.63, 3.8) is 0 Å². The zero-order valence-corrected chi connectivity index (χ0v) is 10.4. The van der Waals surface area contributed by atoms with Crippen molar-refractivity contribution in [2.24, 2.45) is 0 Å². The molecule has 18 heavy (non-hydrogen) atoms. The molecule has 4 nitrogen and oxygen atoms in total. The molecule has 2 aliphatic rings. The molecule has 1 heterocycles. The van der Waals surface area contributed by atoms with Gasteiger partial charge < -0.3 is 14.6 Å². The van der Waals surface area contributed by atoms with Gasteiger partial charge in [-0.15, -0.1) is 0 Å². The van der Waals surface area contributed by atoms with Crippen molar-refractivity contribution in [3.8, 4) is 11.5 Å². The Morgan fingerprint density at radius 2 is 2.00 bits per heavy atom. The summed E-state index contributed by atoms with van der Waals surface area (Å²) < 4.78 is 10.9. The van der Waals surface area contributed by atoms with Crippen LogP contribution in [0, 0.1) is 6.92 Å². The molecule has 1 aliphatic heterocycles. The standard InChI is InChI=1S/C14H16O4/c1-9-4-5-10-12(18-8-17-10)11(9)14(13(15)16)6-2-3-7-14/h4-5H,2-3,6-8H2,1H3,(H,15,16). The van der Waals surface area contributed by atoms with Crippen LogP contribution in [-0.2, 0) is 10.2 Å². The van der Waals surface area contributed by atoms with E-state index in [1.54, 1.807) is 0 Å². The van der Waals surface area contributed by atoms with Crippen molar-refractivity contribution < 1.29 is 19.4 Å². The van der Waals surface area contributed by atoms with Crippen LogP contribution in [0.2, 0.25) is 0 Å². The number of carboxylic acids is 1. The SMILES string of the molecule is Cc1ccc2c(c1C1(C(=O)O)CCCC1)OCO2. The molecule has 1 N–H and O–H groups in total. The first-order valence-corrected chi connectivity index (χ1v) is 6.28. The fourth-order valence-corrected chi connectivity index (χ4v) is 3.21. The molecule has 0 amide bonds. The van der Waals surface area contributed by atoms with Crippen LogP contribution in [0.25, 0.3) is 0 Å². The number of fused-ring (bicyclic) bond motifs is 1. The lowest BCUT2D eigenvalue weighted by Gasteiger charge is -2.27. The van der Waals surface area contributed by atoms with Crippen molar-refractivity contribution >= 4 is 5.97 Å². The van der Waals surface area contributed by atoms with Gasteiger partial charge in [0.2, 0.25) is 6.79 Å². The second-order valence-corrected chi connectivity index (χ2v) is 5.09. The maximum atomic E-state index is 11.8. The number of hydrogen-bond acceptors (Lipinski definition) is 3. The molecule has 0 bridgehead atoms. The molecule has 1 fully saturated rings. The Kier molecular flexibility index (Phi) is 2.47. The Hall–Kier alpha value is -1.71.